The summed E-state index contributed by atoms with van der Waals surface area (Å²) < 4.78 is 69.4. The number of alkyl halides is 2. The van der Waals surface area contributed by atoms with E-state index in [1.807, 2.05) is 31.2 Å². The largest absolute Gasteiger partial charge is 0.435 e. The summed E-state index contributed by atoms with van der Waals surface area (Å²) in [6.07, 6.45) is 1.80. The van der Waals surface area contributed by atoms with Gasteiger partial charge in [-0.1, -0.05) is 54.1 Å². The minimum atomic E-state index is -2.96. The van der Waals surface area contributed by atoms with Gasteiger partial charge < -0.3 is 34.8 Å². The van der Waals surface area contributed by atoms with Crippen LogP contribution in [0.1, 0.15) is 69.8 Å². The van der Waals surface area contributed by atoms with E-state index in [1.165, 1.54) is 36.4 Å². The molecule has 0 radical (unpaired) electrons. The number of nitrogens with zero attached hydrogens (tertiary/aromatic N) is 6. The van der Waals surface area contributed by atoms with Crippen LogP contribution in [0.4, 0.5) is 17.6 Å². The molecular weight excluding hydrogens is 965 g/mol. The van der Waals surface area contributed by atoms with Crippen LogP contribution < -0.4 is 37.5 Å². The van der Waals surface area contributed by atoms with E-state index in [0.717, 1.165) is 32.6 Å². The Morgan fingerprint density at radius 1 is 0.589 bits per heavy atom. The zero-order chi connectivity index (χ0) is 51.3. The van der Waals surface area contributed by atoms with Crippen LogP contribution in [0.2, 0.25) is 0 Å². The molecule has 6 aromatic heterocycles. The average Bonchev–Trinajstić information content (AvgIpc) is 4.16. The van der Waals surface area contributed by atoms with Gasteiger partial charge in [-0.3, -0.25) is 29.1 Å². The van der Waals surface area contributed by atoms with Crippen molar-refractivity contribution >= 4 is 57.1 Å². The first-order valence-corrected chi connectivity index (χ1v) is 21.7. The van der Waals surface area contributed by atoms with Gasteiger partial charge >= 0.3 is 18.1 Å². The van der Waals surface area contributed by atoms with Crippen molar-refractivity contribution in [3.63, 3.8) is 0 Å². The quantitative estimate of drug-likeness (QED) is 0.0762. The van der Waals surface area contributed by atoms with E-state index in [4.69, 9.17) is 8.83 Å². The maximum Gasteiger partial charge on any atom is 0.417 e. The van der Waals surface area contributed by atoms with Crippen LogP contribution in [0.3, 0.4) is 0 Å². The van der Waals surface area contributed by atoms with Gasteiger partial charge in [-0.05, 0) is 65.6 Å². The second-order valence-corrected chi connectivity index (χ2v) is 15.9. The predicted molar refractivity (Wildman–Crippen MR) is 248 cm³/mol. The zero-order valence-electron chi connectivity index (χ0n) is 37.7. The molecule has 4 aromatic carbocycles. The first-order chi connectivity index (χ1) is 35.1. The smallest absolute Gasteiger partial charge is 0.417 e. The number of carbonyl (C=O) groups excluding carboxylic acids is 4. The van der Waals surface area contributed by atoms with Crippen molar-refractivity contribution in [1.29, 1.82) is 0 Å². The fourth-order valence-electron chi connectivity index (χ4n) is 7.35. The Labute approximate surface area is 405 Å². The minimum Gasteiger partial charge on any atom is -0.435 e. The highest BCUT2D eigenvalue weighted by atomic mass is 19.3. The molecule has 6 N–H and O–H groups in total. The number of amides is 4. The van der Waals surface area contributed by atoms with Crippen LogP contribution in [0.25, 0.3) is 33.5 Å². The highest BCUT2D eigenvalue weighted by Gasteiger charge is 2.22. The van der Waals surface area contributed by atoms with Gasteiger partial charge in [-0.2, -0.15) is 19.0 Å². The van der Waals surface area contributed by atoms with Crippen molar-refractivity contribution in [1.82, 2.24) is 60.4 Å². The Bertz CT molecular complexity index is 3860. The summed E-state index contributed by atoms with van der Waals surface area (Å²) in [7, 11) is 0. The summed E-state index contributed by atoms with van der Waals surface area (Å²) in [5, 5.41) is 18.4. The molecule has 370 valence electrons. The molecule has 0 saturated heterocycles. The van der Waals surface area contributed by atoms with Crippen molar-refractivity contribution < 1.29 is 50.3 Å². The molecule has 0 aliphatic heterocycles. The van der Waals surface area contributed by atoms with E-state index in [9.17, 15) is 46.3 Å². The summed E-state index contributed by atoms with van der Waals surface area (Å²) in [5.41, 5.74) is 4.44. The number of nitrogens with one attached hydrogen (secondary N) is 6. The number of aromatic amines is 2. The van der Waals surface area contributed by atoms with Crippen molar-refractivity contribution in [3.8, 4) is 5.75 Å². The molecule has 73 heavy (non-hydrogen) atoms. The topological polar surface area (TPSA) is 278 Å². The average molecular weight is 1000 g/mol. The third kappa shape index (κ3) is 11.1. The van der Waals surface area contributed by atoms with Crippen LogP contribution in [-0.4, -0.2) is 69.4 Å². The van der Waals surface area contributed by atoms with Gasteiger partial charge in [0.1, 0.15) is 28.5 Å². The monoisotopic (exact) mass is 1000 g/mol. The predicted octanol–water partition coefficient (Wildman–Crippen LogP) is 5.24. The standard InChI is InChI=1S/C24H17F3N6O5.C24H19FN6O4/c25-15-11-30-33-18(22(35)29-9-12-1-4-14(5-2-12)37-23(26)27)8-17(31-20(15)33)21(34)28-10-13-3-6-19-16(7-13)32-24(36)38-19;1-13-3-2-4-14(7-13)10-27-23(33)19-9-18(29-21-16(25)12-28-31(19)21)22(32)26-11-15-5-6-20-17(8-15)30-24(34)35-20/h1-8,11,23H,9-10H2,(H,28,34)(H,29,35)(H,32,36);2-9,12H,10-11H2,1H3,(H,26,32)(H,27,33)(H,30,34). The van der Waals surface area contributed by atoms with E-state index in [1.54, 1.807) is 36.4 Å². The van der Waals surface area contributed by atoms with Crippen LogP contribution in [0.5, 0.6) is 5.75 Å². The lowest BCUT2D eigenvalue weighted by molar-refractivity contribution is -0.0498. The van der Waals surface area contributed by atoms with Crippen LogP contribution >= 0.6 is 0 Å². The van der Waals surface area contributed by atoms with E-state index in [2.05, 4.69) is 56.1 Å². The zero-order valence-corrected chi connectivity index (χ0v) is 37.7. The van der Waals surface area contributed by atoms with Crippen molar-refractivity contribution in [2.75, 3.05) is 0 Å². The summed E-state index contributed by atoms with van der Waals surface area (Å²) in [4.78, 5) is 87.2. The summed E-state index contributed by atoms with van der Waals surface area (Å²) in [6, 6.07) is 25.5. The maximum atomic E-state index is 14.3. The van der Waals surface area contributed by atoms with Gasteiger partial charge in [0.05, 0.1) is 23.4 Å². The fourth-order valence-corrected chi connectivity index (χ4v) is 7.35. The number of hydrogen-bond donors (Lipinski definition) is 6. The number of H-pyrrole nitrogens is 2. The Balaban J connectivity index is 0.000000180. The summed E-state index contributed by atoms with van der Waals surface area (Å²) in [5.74, 6) is -5.33. The number of aromatic nitrogens is 8. The van der Waals surface area contributed by atoms with Gasteiger partial charge in [-0.25, -0.2) is 37.4 Å². The molecule has 0 saturated carbocycles. The van der Waals surface area contributed by atoms with Gasteiger partial charge in [-0.15, -0.1) is 0 Å². The number of carbonyl (C=O) groups is 4. The highest BCUT2D eigenvalue weighted by Crippen LogP contribution is 2.18. The molecule has 0 aliphatic carbocycles. The lowest BCUT2D eigenvalue weighted by Crippen LogP contribution is -2.28. The number of hydrogen-bond acceptors (Lipinski definition) is 13. The van der Waals surface area contributed by atoms with E-state index in [0.29, 0.717) is 38.9 Å². The fraction of sp³-hybridized carbons (Fsp3) is 0.125. The lowest BCUT2D eigenvalue weighted by atomic mass is 10.1. The third-order valence-electron chi connectivity index (χ3n) is 10.8. The summed E-state index contributed by atoms with van der Waals surface area (Å²) in [6.45, 7) is -0.618. The minimum absolute atomic E-state index is 0.00146. The SMILES string of the molecule is Cc1cccc(CNC(=O)c2cc(C(=O)NCc3ccc4oc(=O)[nH]c4c3)nc3c(F)cnn23)c1.O=C(NCc1ccc2oc(=O)[nH]c2c1)c1cc(C(=O)NCc2ccc(OC(F)F)cc2)n2ncc(F)c2n1. The molecule has 10 rings (SSSR count). The number of benzene rings is 4. The number of ether oxygens (including phenoxy) is 1. The first-order valence-electron chi connectivity index (χ1n) is 21.7. The maximum absolute atomic E-state index is 14.3. The van der Waals surface area contributed by atoms with Gasteiger partial charge in [0, 0.05) is 38.3 Å². The van der Waals surface area contributed by atoms with Gasteiger partial charge in [0.15, 0.2) is 34.1 Å². The van der Waals surface area contributed by atoms with Crippen molar-refractivity contribution in [2.45, 2.75) is 39.7 Å². The van der Waals surface area contributed by atoms with Crippen LogP contribution in [0, 0.1) is 18.6 Å². The Morgan fingerprint density at radius 2 is 1.03 bits per heavy atom. The number of aryl methyl sites for hydroxylation is 1. The summed E-state index contributed by atoms with van der Waals surface area (Å²) >= 11 is 0. The van der Waals surface area contributed by atoms with Crippen molar-refractivity contribution in [2.24, 2.45) is 0 Å². The lowest BCUT2D eigenvalue weighted by Gasteiger charge is -2.10. The van der Waals surface area contributed by atoms with E-state index < -0.39 is 53.4 Å². The van der Waals surface area contributed by atoms with E-state index >= 15 is 0 Å². The molecule has 0 bridgehead atoms. The molecule has 25 heteroatoms. The second-order valence-electron chi connectivity index (χ2n) is 15.9. The Kier molecular flexibility index (Phi) is 13.6. The van der Waals surface area contributed by atoms with E-state index in [-0.39, 0.29) is 66.0 Å². The van der Waals surface area contributed by atoms with Gasteiger partial charge in [0.2, 0.25) is 0 Å². The molecule has 21 nitrogen and oxygen atoms in total. The Hall–Kier alpha value is -9.94. The number of halogens is 4. The van der Waals surface area contributed by atoms with Crippen LogP contribution in [0.15, 0.2) is 128 Å². The molecule has 0 atom stereocenters. The molecule has 6 heterocycles. The highest BCUT2D eigenvalue weighted by molar-refractivity contribution is 5.99. The molecule has 10 aromatic rings. The third-order valence-corrected chi connectivity index (χ3v) is 10.8. The molecule has 0 aliphatic rings. The Morgan fingerprint density at radius 3 is 1.49 bits per heavy atom. The normalized spacial score (nSPS) is 11.2. The molecule has 4 amide bonds. The molecule has 0 unspecified atom stereocenters. The first kappa shape index (κ1) is 48.1. The van der Waals surface area contributed by atoms with Crippen molar-refractivity contribution in [3.05, 3.63) is 193 Å². The molecule has 0 spiro atoms. The molecular formula is C48H36F4N12O9. The van der Waals surface area contributed by atoms with Crippen LogP contribution in [-0.2, 0) is 26.2 Å². The number of oxazole rings is 2. The number of rotatable bonds is 14. The second kappa shape index (κ2) is 20.6. The number of fused-ring (bicyclic) bond motifs is 4. The van der Waals surface area contributed by atoms with Gasteiger partial charge in [0.25, 0.3) is 23.6 Å². The molecule has 0 fully saturated rings.